The van der Waals surface area contributed by atoms with Crippen LogP contribution in [0, 0.1) is 5.92 Å². The first-order valence-corrected chi connectivity index (χ1v) is 7.95. The number of nitrogens with zero attached hydrogens (tertiary/aromatic N) is 1. The monoisotopic (exact) mass is 267 g/mol. The third kappa shape index (κ3) is 3.60. The van der Waals surface area contributed by atoms with Crippen molar-refractivity contribution in [1.29, 1.82) is 0 Å². The third-order valence-electron chi connectivity index (χ3n) is 3.20. The van der Waals surface area contributed by atoms with Crippen molar-refractivity contribution < 1.29 is 8.42 Å². The highest BCUT2D eigenvalue weighted by molar-refractivity contribution is 7.92. The van der Waals surface area contributed by atoms with Crippen LogP contribution in [0.3, 0.4) is 0 Å². The summed E-state index contributed by atoms with van der Waals surface area (Å²) in [6, 6.07) is 0. The van der Waals surface area contributed by atoms with Gasteiger partial charge in [0.15, 0.2) is 9.84 Å². The van der Waals surface area contributed by atoms with Crippen LogP contribution in [0.4, 0.5) is 0 Å². The Balaban J connectivity index is 2.42. The fourth-order valence-electron chi connectivity index (χ4n) is 1.80. The van der Waals surface area contributed by atoms with E-state index in [9.17, 15) is 8.42 Å². The van der Waals surface area contributed by atoms with Crippen molar-refractivity contribution in [3.05, 3.63) is 0 Å². The van der Waals surface area contributed by atoms with Crippen molar-refractivity contribution >= 4 is 21.4 Å². The molecule has 0 bridgehead atoms. The molecule has 96 valence electrons. The second kappa shape index (κ2) is 5.23. The lowest BCUT2D eigenvalue weighted by atomic mass is 10.2. The molecule has 1 saturated heterocycles. The number of sulfone groups is 1. The van der Waals surface area contributed by atoms with E-state index in [0.29, 0.717) is 18.3 Å². The molecule has 0 N–H and O–H groups in total. The third-order valence-corrected chi connectivity index (χ3v) is 6.22. The van der Waals surface area contributed by atoms with Crippen molar-refractivity contribution in [2.75, 3.05) is 31.3 Å². The smallest absolute Gasteiger partial charge is 0.156 e. The molecule has 0 aliphatic carbocycles. The van der Waals surface area contributed by atoms with E-state index < -0.39 is 14.6 Å². The van der Waals surface area contributed by atoms with Crippen molar-refractivity contribution in [3.8, 4) is 0 Å². The van der Waals surface area contributed by atoms with Crippen LogP contribution >= 0.6 is 11.6 Å². The van der Waals surface area contributed by atoms with Gasteiger partial charge in [-0.3, -0.25) is 0 Å². The van der Waals surface area contributed by atoms with E-state index >= 15 is 0 Å². The molecule has 1 aliphatic heterocycles. The molecule has 1 rings (SSSR count). The molecule has 1 fully saturated rings. The van der Waals surface area contributed by atoms with Gasteiger partial charge in [0.25, 0.3) is 0 Å². The Bertz CT molecular complexity index is 321. The van der Waals surface area contributed by atoms with Gasteiger partial charge in [0.2, 0.25) is 0 Å². The lowest BCUT2D eigenvalue weighted by Crippen LogP contribution is -2.36. The Labute approximate surface area is 104 Å². The summed E-state index contributed by atoms with van der Waals surface area (Å²) in [4.78, 5) is 2.20. The van der Waals surface area contributed by atoms with Crippen LogP contribution in [0.1, 0.15) is 27.2 Å². The van der Waals surface area contributed by atoms with Gasteiger partial charge in [-0.05, 0) is 39.7 Å². The summed E-state index contributed by atoms with van der Waals surface area (Å²) >= 11 is 5.79. The molecule has 1 unspecified atom stereocenters. The van der Waals surface area contributed by atoms with Gasteiger partial charge in [-0.15, -0.1) is 11.6 Å². The number of hydrogen-bond donors (Lipinski definition) is 0. The van der Waals surface area contributed by atoms with E-state index in [2.05, 4.69) is 4.90 Å². The summed E-state index contributed by atoms with van der Waals surface area (Å²) in [5.74, 6) is 1.48. The van der Waals surface area contributed by atoms with Crippen molar-refractivity contribution in [1.82, 2.24) is 4.90 Å². The summed E-state index contributed by atoms with van der Waals surface area (Å²) in [6.07, 6.45) is 1.10. The average molecular weight is 268 g/mol. The molecule has 0 spiro atoms. The van der Waals surface area contributed by atoms with Gasteiger partial charge in [0.05, 0.1) is 10.5 Å². The molecule has 1 atom stereocenters. The van der Waals surface area contributed by atoms with Gasteiger partial charge >= 0.3 is 0 Å². The fourth-order valence-corrected chi connectivity index (χ4v) is 3.16. The van der Waals surface area contributed by atoms with E-state index in [-0.39, 0.29) is 5.75 Å². The van der Waals surface area contributed by atoms with E-state index in [1.165, 1.54) is 0 Å². The lowest BCUT2D eigenvalue weighted by Gasteiger charge is -2.22. The van der Waals surface area contributed by atoms with E-state index in [0.717, 1.165) is 19.5 Å². The van der Waals surface area contributed by atoms with Crippen molar-refractivity contribution in [2.24, 2.45) is 5.92 Å². The zero-order valence-electron chi connectivity index (χ0n) is 10.4. The molecule has 0 amide bonds. The SMILES string of the molecule is CC(C)(C)S(=O)(=O)CCN1CCC(CCl)C1. The Morgan fingerprint density at radius 1 is 1.38 bits per heavy atom. The standard InChI is InChI=1S/C11H22ClNO2S/c1-11(2,3)16(14,15)7-6-13-5-4-10(8-12)9-13/h10H,4-9H2,1-3H3. The van der Waals surface area contributed by atoms with E-state index in [1.807, 2.05) is 0 Å². The predicted octanol–water partition coefficient (Wildman–Crippen LogP) is 1.76. The predicted molar refractivity (Wildman–Crippen MR) is 68.8 cm³/mol. The second-order valence-electron chi connectivity index (χ2n) is 5.54. The topological polar surface area (TPSA) is 37.4 Å². The Kier molecular flexibility index (Phi) is 4.66. The van der Waals surface area contributed by atoms with Crippen LogP contribution in [0.2, 0.25) is 0 Å². The first-order valence-electron chi connectivity index (χ1n) is 5.77. The van der Waals surface area contributed by atoms with Crippen LogP contribution in [-0.2, 0) is 9.84 Å². The molecule has 16 heavy (non-hydrogen) atoms. The van der Waals surface area contributed by atoms with Gasteiger partial charge in [0.1, 0.15) is 0 Å². The summed E-state index contributed by atoms with van der Waals surface area (Å²) in [7, 11) is -2.98. The molecule has 3 nitrogen and oxygen atoms in total. The largest absolute Gasteiger partial charge is 0.302 e. The van der Waals surface area contributed by atoms with Gasteiger partial charge in [-0.2, -0.15) is 0 Å². The molecule has 1 heterocycles. The maximum Gasteiger partial charge on any atom is 0.156 e. The number of likely N-dealkylation sites (tertiary alicyclic amines) is 1. The molecule has 1 aliphatic rings. The number of hydrogen-bond acceptors (Lipinski definition) is 3. The van der Waals surface area contributed by atoms with Crippen LogP contribution in [-0.4, -0.2) is 49.3 Å². The first-order chi connectivity index (χ1) is 7.26. The second-order valence-corrected chi connectivity index (χ2v) is 8.71. The van der Waals surface area contributed by atoms with Gasteiger partial charge < -0.3 is 4.90 Å². The number of rotatable bonds is 4. The number of alkyl halides is 1. The van der Waals surface area contributed by atoms with Crippen LogP contribution in [0.25, 0.3) is 0 Å². The highest BCUT2D eigenvalue weighted by Crippen LogP contribution is 2.19. The zero-order valence-corrected chi connectivity index (χ0v) is 11.9. The lowest BCUT2D eigenvalue weighted by molar-refractivity contribution is 0.346. The molecule has 0 aromatic heterocycles. The Morgan fingerprint density at radius 2 is 2.00 bits per heavy atom. The molecule has 5 heteroatoms. The van der Waals surface area contributed by atoms with E-state index in [1.54, 1.807) is 20.8 Å². The van der Waals surface area contributed by atoms with Crippen LogP contribution < -0.4 is 0 Å². The van der Waals surface area contributed by atoms with Crippen LogP contribution in [0.15, 0.2) is 0 Å². The minimum absolute atomic E-state index is 0.255. The summed E-state index contributed by atoms with van der Waals surface area (Å²) in [5.41, 5.74) is 0. The van der Waals surface area contributed by atoms with Gasteiger partial charge in [-0.25, -0.2) is 8.42 Å². The molecule has 0 aromatic rings. The van der Waals surface area contributed by atoms with Gasteiger partial charge in [0, 0.05) is 19.0 Å². The maximum atomic E-state index is 11.9. The quantitative estimate of drug-likeness (QED) is 0.729. The molecule has 0 radical (unpaired) electrons. The summed E-state index contributed by atoms with van der Waals surface area (Å²) < 4.78 is 23.2. The fraction of sp³-hybridized carbons (Fsp3) is 1.00. The van der Waals surface area contributed by atoms with Crippen LogP contribution in [0.5, 0.6) is 0 Å². The molecule has 0 aromatic carbocycles. The highest BCUT2D eigenvalue weighted by Gasteiger charge is 2.30. The van der Waals surface area contributed by atoms with Crippen molar-refractivity contribution in [2.45, 2.75) is 31.9 Å². The maximum absolute atomic E-state index is 11.9. The highest BCUT2D eigenvalue weighted by atomic mass is 35.5. The van der Waals surface area contributed by atoms with Gasteiger partial charge in [-0.1, -0.05) is 0 Å². The van der Waals surface area contributed by atoms with Crippen molar-refractivity contribution in [3.63, 3.8) is 0 Å². The summed E-state index contributed by atoms with van der Waals surface area (Å²) in [6.45, 7) is 7.85. The normalized spacial score (nSPS) is 23.9. The molecular formula is C11H22ClNO2S. The minimum Gasteiger partial charge on any atom is -0.302 e. The zero-order chi connectivity index (χ0) is 12.4. The first kappa shape index (κ1) is 14.3. The Morgan fingerprint density at radius 3 is 2.44 bits per heavy atom. The number of halogens is 1. The molecule has 0 saturated carbocycles. The average Bonchev–Trinajstić information content (AvgIpc) is 2.60. The minimum atomic E-state index is -2.98. The Hall–Kier alpha value is 0.200. The van der Waals surface area contributed by atoms with E-state index in [4.69, 9.17) is 11.6 Å². The molecular weight excluding hydrogens is 246 g/mol. The summed E-state index contributed by atoms with van der Waals surface area (Å²) in [5, 5.41) is 0.